The van der Waals surface area contributed by atoms with Gasteiger partial charge in [0.05, 0.1) is 29.0 Å². The van der Waals surface area contributed by atoms with E-state index in [9.17, 15) is 4.79 Å². The molecular weight excluding hydrogens is 486 g/mol. The SMILES string of the molecule is Cc1c(SNC(=O)c2ccc(-n3ccc(OCC45CC(C4)C5)n3)nc2N2C[C@@H](C)CC2(C)C)cnn1C. The lowest BCUT2D eigenvalue weighted by Gasteiger charge is -2.61. The molecule has 4 fully saturated rings. The van der Waals surface area contributed by atoms with Crippen molar-refractivity contribution in [2.24, 2.45) is 24.3 Å². The number of carbonyl (C=O) groups excluding carboxylic acids is 1. The number of pyridine rings is 1. The number of rotatable bonds is 8. The Bertz CT molecular complexity index is 1330. The minimum atomic E-state index is -0.180. The highest BCUT2D eigenvalue weighted by atomic mass is 32.2. The summed E-state index contributed by atoms with van der Waals surface area (Å²) in [5.74, 6) is 3.22. The first-order chi connectivity index (χ1) is 17.6. The smallest absolute Gasteiger partial charge is 0.265 e. The van der Waals surface area contributed by atoms with Gasteiger partial charge in [0.2, 0.25) is 5.88 Å². The van der Waals surface area contributed by atoms with Gasteiger partial charge in [-0.25, -0.2) is 9.67 Å². The van der Waals surface area contributed by atoms with E-state index in [0.29, 0.717) is 34.4 Å². The van der Waals surface area contributed by atoms with Crippen LogP contribution in [0.4, 0.5) is 5.82 Å². The number of aryl methyl sites for hydroxylation is 1. The van der Waals surface area contributed by atoms with E-state index in [2.05, 4.69) is 40.6 Å². The fourth-order valence-corrected chi connectivity index (χ4v) is 6.91. The van der Waals surface area contributed by atoms with E-state index < -0.39 is 0 Å². The van der Waals surface area contributed by atoms with E-state index in [-0.39, 0.29) is 11.4 Å². The quantitative estimate of drug-likeness (QED) is 0.435. The second kappa shape index (κ2) is 8.79. The number of nitrogens with zero attached hydrogens (tertiary/aromatic N) is 6. The lowest BCUT2D eigenvalue weighted by Crippen LogP contribution is -2.55. The molecule has 3 saturated carbocycles. The maximum absolute atomic E-state index is 13.4. The fourth-order valence-electron chi connectivity index (χ4n) is 6.22. The van der Waals surface area contributed by atoms with Crippen molar-refractivity contribution < 1.29 is 9.53 Å². The number of amides is 1. The molecule has 37 heavy (non-hydrogen) atoms. The Hall–Kier alpha value is -3.01. The van der Waals surface area contributed by atoms with E-state index in [1.165, 1.54) is 31.2 Å². The highest BCUT2D eigenvalue weighted by Gasteiger charge is 2.57. The lowest BCUT2D eigenvalue weighted by atomic mass is 9.45. The Morgan fingerprint density at radius 1 is 1.22 bits per heavy atom. The first-order valence-electron chi connectivity index (χ1n) is 13.1. The first kappa shape index (κ1) is 24.3. The van der Waals surface area contributed by atoms with Crippen LogP contribution in [0.25, 0.3) is 5.82 Å². The van der Waals surface area contributed by atoms with Crippen LogP contribution in [0, 0.1) is 24.2 Å². The monoisotopic (exact) mass is 521 g/mol. The molecule has 0 spiro atoms. The van der Waals surface area contributed by atoms with Crippen molar-refractivity contribution in [2.75, 3.05) is 18.1 Å². The summed E-state index contributed by atoms with van der Waals surface area (Å²) in [6, 6.07) is 5.59. The average Bonchev–Trinajstić information content (AvgIpc) is 3.47. The molecule has 0 radical (unpaired) electrons. The van der Waals surface area contributed by atoms with Crippen molar-refractivity contribution in [3.63, 3.8) is 0 Å². The molecule has 4 heterocycles. The zero-order valence-corrected chi connectivity index (χ0v) is 23.0. The molecule has 9 nitrogen and oxygen atoms in total. The highest BCUT2D eigenvalue weighted by Crippen LogP contribution is 2.64. The van der Waals surface area contributed by atoms with Gasteiger partial charge in [-0.2, -0.15) is 5.10 Å². The van der Waals surface area contributed by atoms with Crippen LogP contribution in [0.15, 0.2) is 35.5 Å². The summed E-state index contributed by atoms with van der Waals surface area (Å²) in [6.07, 6.45) is 8.56. The van der Waals surface area contributed by atoms with Gasteiger partial charge in [0, 0.05) is 36.8 Å². The normalized spacial score (nSPS) is 25.5. The van der Waals surface area contributed by atoms with Gasteiger partial charge >= 0.3 is 0 Å². The molecule has 2 bridgehead atoms. The molecule has 1 atom stereocenters. The summed E-state index contributed by atoms with van der Waals surface area (Å²) in [7, 11) is 1.89. The zero-order chi connectivity index (χ0) is 25.9. The number of carbonyl (C=O) groups is 1. The number of nitrogens with one attached hydrogen (secondary N) is 1. The second-order valence-electron chi connectivity index (χ2n) is 11.9. The van der Waals surface area contributed by atoms with E-state index in [0.717, 1.165) is 36.1 Å². The minimum absolute atomic E-state index is 0.117. The van der Waals surface area contributed by atoms with Crippen molar-refractivity contribution in [1.82, 2.24) is 29.3 Å². The van der Waals surface area contributed by atoms with Crippen molar-refractivity contribution in [2.45, 2.75) is 63.8 Å². The molecule has 3 aromatic heterocycles. The van der Waals surface area contributed by atoms with Crippen molar-refractivity contribution in [3.05, 3.63) is 41.9 Å². The highest BCUT2D eigenvalue weighted by molar-refractivity contribution is 7.98. The molecule has 1 aliphatic heterocycles. The van der Waals surface area contributed by atoms with Gasteiger partial charge in [0.15, 0.2) is 5.82 Å². The van der Waals surface area contributed by atoms with Crippen LogP contribution in [0.1, 0.15) is 62.5 Å². The van der Waals surface area contributed by atoms with Gasteiger partial charge in [-0.1, -0.05) is 6.92 Å². The molecule has 10 heteroatoms. The number of anilines is 1. The molecule has 3 aliphatic carbocycles. The third kappa shape index (κ3) is 4.39. The Morgan fingerprint density at radius 3 is 2.62 bits per heavy atom. The van der Waals surface area contributed by atoms with Crippen molar-refractivity contribution in [3.8, 4) is 11.7 Å². The summed E-state index contributed by atoms with van der Waals surface area (Å²) >= 11 is 1.28. The van der Waals surface area contributed by atoms with Crippen molar-refractivity contribution >= 4 is 23.7 Å². The van der Waals surface area contributed by atoms with Crippen LogP contribution in [0.3, 0.4) is 0 Å². The number of hydrogen-bond donors (Lipinski definition) is 1. The Labute approximate surface area is 222 Å². The van der Waals surface area contributed by atoms with Crippen LogP contribution in [0.5, 0.6) is 5.88 Å². The van der Waals surface area contributed by atoms with Crippen molar-refractivity contribution in [1.29, 1.82) is 0 Å². The van der Waals surface area contributed by atoms with Gasteiger partial charge in [-0.3, -0.25) is 14.2 Å². The minimum Gasteiger partial charge on any atom is -0.476 e. The summed E-state index contributed by atoms with van der Waals surface area (Å²) in [4.78, 5) is 21.6. The third-order valence-corrected chi connectivity index (χ3v) is 9.28. The van der Waals surface area contributed by atoms with Crippen LogP contribution < -0.4 is 14.4 Å². The van der Waals surface area contributed by atoms with Gasteiger partial charge in [0.1, 0.15) is 5.82 Å². The van der Waals surface area contributed by atoms with Crippen LogP contribution in [-0.2, 0) is 7.05 Å². The average molecular weight is 522 g/mol. The number of ether oxygens (including phenoxy) is 1. The molecule has 1 amide bonds. The predicted molar refractivity (Wildman–Crippen MR) is 143 cm³/mol. The van der Waals surface area contributed by atoms with E-state index in [1.807, 2.05) is 38.4 Å². The third-order valence-electron chi connectivity index (χ3n) is 8.37. The summed E-state index contributed by atoms with van der Waals surface area (Å²) in [5.41, 5.74) is 1.83. The standard InChI is InChI=1S/C27H35N7O2S/c1-17-10-26(3,4)33(15-17)24-20(25(35)31-37-21-14-28-32(5)18(21)2)6-7-22(29-24)34-9-8-23(30-34)36-16-27-11-19(12-27)13-27/h6-9,14,17,19H,10-13,15-16H2,1-5H3,(H,31,35)/t17-,19?,27?/m0/s1. The van der Waals surface area contributed by atoms with Gasteiger partial charge < -0.3 is 9.64 Å². The molecule has 1 N–H and O–H groups in total. The lowest BCUT2D eigenvalue weighted by molar-refractivity contribution is -0.132. The molecule has 1 saturated heterocycles. The van der Waals surface area contributed by atoms with Gasteiger partial charge in [-0.05, 0) is 82.4 Å². The Kier molecular flexibility index (Phi) is 5.78. The predicted octanol–water partition coefficient (Wildman–Crippen LogP) is 4.55. The summed E-state index contributed by atoms with van der Waals surface area (Å²) < 4.78 is 12.6. The number of hydrogen-bond acceptors (Lipinski definition) is 7. The molecule has 7 rings (SSSR count). The molecule has 0 aromatic carbocycles. The van der Waals surface area contributed by atoms with E-state index in [4.69, 9.17) is 9.72 Å². The second-order valence-corrected chi connectivity index (χ2v) is 12.7. The molecule has 196 valence electrons. The fraction of sp³-hybridized carbons (Fsp3) is 0.556. The zero-order valence-electron chi connectivity index (χ0n) is 22.2. The summed E-state index contributed by atoms with van der Waals surface area (Å²) in [6.45, 7) is 10.2. The van der Waals surface area contributed by atoms with Gasteiger partial charge in [0.25, 0.3) is 5.91 Å². The van der Waals surface area contributed by atoms with Crippen LogP contribution in [0.2, 0.25) is 0 Å². The summed E-state index contributed by atoms with van der Waals surface area (Å²) in [5, 5.41) is 8.90. The van der Waals surface area contributed by atoms with Gasteiger partial charge in [-0.15, -0.1) is 5.10 Å². The molecular formula is C27H35N7O2S. The largest absolute Gasteiger partial charge is 0.476 e. The maximum Gasteiger partial charge on any atom is 0.265 e. The Morgan fingerprint density at radius 2 is 2.00 bits per heavy atom. The number of aromatic nitrogens is 5. The first-order valence-corrected chi connectivity index (χ1v) is 13.9. The molecule has 0 unspecified atom stereocenters. The Balaban J connectivity index is 1.26. The van der Waals surface area contributed by atoms with Crippen LogP contribution in [-0.4, -0.2) is 49.1 Å². The van der Waals surface area contributed by atoms with E-state index >= 15 is 0 Å². The molecule has 3 aromatic rings. The molecule has 4 aliphatic rings. The maximum atomic E-state index is 13.4. The van der Waals surface area contributed by atoms with Crippen LogP contribution >= 0.6 is 11.9 Å². The topological polar surface area (TPSA) is 90.1 Å². The van der Waals surface area contributed by atoms with E-state index in [1.54, 1.807) is 15.6 Å².